The Bertz CT molecular complexity index is 512. The Morgan fingerprint density at radius 1 is 1.62 bits per heavy atom. The number of hydrogen-bond acceptors (Lipinski definition) is 4. The summed E-state index contributed by atoms with van der Waals surface area (Å²) < 4.78 is 25.4. The molecule has 0 fully saturated rings. The highest BCUT2D eigenvalue weighted by Crippen LogP contribution is 2.35. The minimum absolute atomic E-state index is 0.0251. The molecule has 1 aromatic heterocycles. The van der Waals surface area contributed by atoms with Crippen LogP contribution in [-0.2, 0) is 10.0 Å². The molecular formula is C7H8Cl2N2O2S3. The first-order chi connectivity index (χ1) is 7.25. The maximum absolute atomic E-state index is 12.0. The Morgan fingerprint density at radius 2 is 2.19 bits per heavy atom. The molecule has 0 aliphatic carbocycles. The number of sulfonamides is 1. The normalized spacial score (nSPS) is 12.0. The number of likely N-dealkylation sites (N-methyl/N-ethyl adjacent to an activating group) is 1. The van der Waals surface area contributed by atoms with Crippen LogP contribution in [0.5, 0.6) is 0 Å². The molecule has 0 aliphatic rings. The Labute approximate surface area is 113 Å². The number of nitrogens with two attached hydrogens (primary N) is 1. The predicted molar refractivity (Wildman–Crippen MR) is 70.9 cm³/mol. The van der Waals surface area contributed by atoms with Crippen LogP contribution in [0.1, 0.15) is 0 Å². The minimum atomic E-state index is -3.68. The quantitative estimate of drug-likeness (QED) is 0.862. The van der Waals surface area contributed by atoms with E-state index in [1.54, 1.807) is 0 Å². The van der Waals surface area contributed by atoms with Gasteiger partial charge in [-0.05, 0) is 6.07 Å². The molecule has 4 nitrogen and oxygen atoms in total. The zero-order valence-electron chi connectivity index (χ0n) is 8.11. The van der Waals surface area contributed by atoms with E-state index in [0.29, 0.717) is 4.34 Å². The molecule has 16 heavy (non-hydrogen) atoms. The van der Waals surface area contributed by atoms with Gasteiger partial charge in [0, 0.05) is 7.05 Å². The average molecular weight is 319 g/mol. The van der Waals surface area contributed by atoms with Gasteiger partial charge in [0.15, 0.2) is 0 Å². The Balaban J connectivity index is 3.11. The van der Waals surface area contributed by atoms with Gasteiger partial charge in [0.1, 0.15) is 9.23 Å². The average Bonchev–Trinajstić information content (AvgIpc) is 2.44. The van der Waals surface area contributed by atoms with Crippen LogP contribution < -0.4 is 5.73 Å². The monoisotopic (exact) mass is 318 g/mol. The van der Waals surface area contributed by atoms with E-state index in [2.05, 4.69) is 12.2 Å². The zero-order chi connectivity index (χ0) is 12.5. The predicted octanol–water partition coefficient (Wildman–Crippen LogP) is 1.96. The lowest BCUT2D eigenvalue weighted by molar-refractivity contribution is 0.506. The summed E-state index contributed by atoms with van der Waals surface area (Å²) in [6, 6.07) is 1.31. The summed E-state index contributed by atoms with van der Waals surface area (Å²) in [5.41, 5.74) is 5.28. The lowest BCUT2D eigenvalue weighted by Gasteiger charge is -2.15. The van der Waals surface area contributed by atoms with E-state index in [0.717, 1.165) is 15.6 Å². The first kappa shape index (κ1) is 14.1. The maximum Gasteiger partial charge on any atom is 0.245 e. The van der Waals surface area contributed by atoms with Gasteiger partial charge in [-0.15, -0.1) is 11.3 Å². The fourth-order valence-electron chi connectivity index (χ4n) is 0.973. The summed E-state index contributed by atoms with van der Waals surface area (Å²) in [5, 5.41) is 0. The van der Waals surface area contributed by atoms with Crippen LogP contribution in [0, 0.1) is 0 Å². The molecule has 0 aromatic carbocycles. The number of thiophene rings is 1. The fourth-order valence-corrected chi connectivity index (χ4v) is 4.51. The van der Waals surface area contributed by atoms with Gasteiger partial charge in [0.2, 0.25) is 10.0 Å². The summed E-state index contributed by atoms with van der Waals surface area (Å²) in [6.45, 7) is -0.0402. The topological polar surface area (TPSA) is 63.4 Å². The molecule has 0 saturated heterocycles. The Hall–Kier alpha value is 0.0800. The molecule has 0 amide bonds. The second-order valence-electron chi connectivity index (χ2n) is 2.92. The van der Waals surface area contributed by atoms with Gasteiger partial charge in [-0.3, -0.25) is 0 Å². The molecule has 0 atom stereocenters. The molecule has 1 rings (SSSR count). The van der Waals surface area contributed by atoms with Gasteiger partial charge in [0.05, 0.1) is 15.9 Å². The highest BCUT2D eigenvalue weighted by Gasteiger charge is 2.25. The van der Waals surface area contributed by atoms with E-state index in [1.807, 2.05) is 0 Å². The van der Waals surface area contributed by atoms with Crippen molar-refractivity contribution in [1.29, 1.82) is 0 Å². The van der Waals surface area contributed by atoms with Crippen molar-refractivity contribution in [3.63, 3.8) is 0 Å². The number of hydrogen-bond donors (Lipinski definition) is 1. The summed E-state index contributed by atoms with van der Waals surface area (Å²) >= 11 is 17.1. The zero-order valence-corrected chi connectivity index (χ0v) is 12.1. The van der Waals surface area contributed by atoms with E-state index in [1.165, 1.54) is 13.1 Å². The molecule has 9 heteroatoms. The smallest absolute Gasteiger partial charge is 0.245 e. The molecule has 0 aliphatic heterocycles. The van der Waals surface area contributed by atoms with E-state index in [4.69, 9.17) is 28.9 Å². The Kier molecular flexibility index (Phi) is 4.56. The highest BCUT2D eigenvalue weighted by atomic mass is 35.5. The lowest BCUT2D eigenvalue weighted by Crippen LogP contribution is -2.34. The van der Waals surface area contributed by atoms with Gasteiger partial charge in [-0.2, -0.15) is 4.31 Å². The van der Waals surface area contributed by atoms with Crippen LogP contribution in [0.4, 0.5) is 0 Å². The van der Waals surface area contributed by atoms with Crippen molar-refractivity contribution in [1.82, 2.24) is 4.31 Å². The van der Waals surface area contributed by atoms with Crippen molar-refractivity contribution in [3.8, 4) is 0 Å². The van der Waals surface area contributed by atoms with Crippen molar-refractivity contribution in [2.75, 3.05) is 13.6 Å². The lowest BCUT2D eigenvalue weighted by atomic mass is 10.7. The maximum atomic E-state index is 12.0. The molecule has 0 saturated carbocycles. The largest absolute Gasteiger partial charge is 0.392 e. The van der Waals surface area contributed by atoms with Crippen LogP contribution in [0.2, 0.25) is 8.67 Å². The minimum Gasteiger partial charge on any atom is -0.392 e. The van der Waals surface area contributed by atoms with Crippen molar-refractivity contribution >= 4 is 61.8 Å². The van der Waals surface area contributed by atoms with Gasteiger partial charge in [-0.25, -0.2) is 8.42 Å². The molecule has 0 unspecified atom stereocenters. The molecular weight excluding hydrogens is 311 g/mol. The van der Waals surface area contributed by atoms with Gasteiger partial charge < -0.3 is 5.73 Å². The van der Waals surface area contributed by atoms with Crippen molar-refractivity contribution in [3.05, 3.63) is 14.7 Å². The molecule has 0 bridgehead atoms. The summed E-state index contributed by atoms with van der Waals surface area (Å²) in [4.78, 5) is 0.0615. The first-order valence-corrected chi connectivity index (χ1v) is 7.36. The van der Waals surface area contributed by atoms with Crippen LogP contribution in [0.15, 0.2) is 11.0 Å². The van der Waals surface area contributed by atoms with E-state index >= 15 is 0 Å². The molecule has 90 valence electrons. The van der Waals surface area contributed by atoms with E-state index in [-0.39, 0.29) is 20.8 Å². The summed E-state index contributed by atoms with van der Waals surface area (Å²) in [7, 11) is -2.31. The second kappa shape index (κ2) is 5.16. The number of halogens is 2. The van der Waals surface area contributed by atoms with Crippen molar-refractivity contribution in [2.45, 2.75) is 4.90 Å². The van der Waals surface area contributed by atoms with Crippen molar-refractivity contribution in [2.24, 2.45) is 5.73 Å². The van der Waals surface area contributed by atoms with Crippen LogP contribution in [0.25, 0.3) is 0 Å². The SMILES string of the molecule is CN(CC(N)=S)S(=O)(=O)c1cc(Cl)sc1Cl. The standard InChI is InChI=1S/C7H8Cl2N2O2S3/c1-11(3-6(10)14)16(12,13)4-2-5(8)15-7(4)9/h2H,3H2,1H3,(H2,10,14). The fraction of sp³-hybridized carbons (Fsp3) is 0.286. The molecule has 1 aromatic rings. The van der Waals surface area contributed by atoms with Gasteiger partial charge in [0.25, 0.3) is 0 Å². The number of rotatable bonds is 4. The third kappa shape index (κ3) is 3.06. The van der Waals surface area contributed by atoms with E-state index < -0.39 is 10.0 Å². The third-order valence-corrected chi connectivity index (χ3v) is 5.38. The van der Waals surface area contributed by atoms with Gasteiger partial charge >= 0.3 is 0 Å². The van der Waals surface area contributed by atoms with E-state index in [9.17, 15) is 8.42 Å². The first-order valence-electron chi connectivity index (χ1n) is 3.94. The van der Waals surface area contributed by atoms with Crippen molar-refractivity contribution < 1.29 is 8.42 Å². The highest BCUT2D eigenvalue weighted by molar-refractivity contribution is 7.89. The number of thiocarbonyl (C=S) groups is 1. The van der Waals surface area contributed by atoms with Crippen LogP contribution >= 0.6 is 46.8 Å². The Morgan fingerprint density at radius 3 is 2.56 bits per heavy atom. The second-order valence-corrected chi connectivity index (χ2v) is 7.74. The molecule has 0 radical (unpaired) electrons. The number of nitrogens with zero attached hydrogens (tertiary/aromatic N) is 1. The molecule has 2 N–H and O–H groups in total. The molecule has 1 heterocycles. The van der Waals surface area contributed by atoms with Crippen LogP contribution in [0.3, 0.4) is 0 Å². The molecule has 0 spiro atoms. The third-order valence-electron chi connectivity index (χ3n) is 1.69. The summed E-state index contributed by atoms with van der Waals surface area (Å²) in [5.74, 6) is 0. The summed E-state index contributed by atoms with van der Waals surface area (Å²) in [6.07, 6.45) is 0. The van der Waals surface area contributed by atoms with Gasteiger partial charge in [-0.1, -0.05) is 35.4 Å². The van der Waals surface area contributed by atoms with Crippen LogP contribution in [-0.4, -0.2) is 31.3 Å².